The minimum absolute atomic E-state index is 0.440. The predicted molar refractivity (Wildman–Crippen MR) is 70.8 cm³/mol. The number of hydrogen-bond acceptors (Lipinski definition) is 1. The first-order valence-corrected chi connectivity index (χ1v) is 7.62. The molecule has 1 heterocycles. The van der Waals surface area contributed by atoms with Gasteiger partial charge >= 0.3 is 0 Å². The molecule has 0 radical (unpaired) electrons. The summed E-state index contributed by atoms with van der Waals surface area (Å²) in [6.45, 7) is 3.23. The van der Waals surface area contributed by atoms with Gasteiger partial charge in [0.2, 0.25) is 5.91 Å². The van der Waals surface area contributed by atoms with Crippen LogP contribution in [0.2, 0.25) is 0 Å². The molecular formula is C15H27NO. The summed E-state index contributed by atoms with van der Waals surface area (Å²) in [4.78, 5) is 14.5. The van der Waals surface area contributed by atoms with Crippen LogP contribution in [0.1, 0.15) is 71.1 Å². The highest BCUT2D eigenvalue weighted by Gasteiger charge is 2.35. The molecule has 2 rings (SSSR count). The molecule has 17 heavy (non-hydrogen) atoms. The molecule has 1 amide bonds. The van der Waals surface area contributed by atoms with Crippen LogP contribution in [0.25, 0.3) is 0 Å². The van der Waals surface area contributed by atoms with E-state index in [-0.39, 0.29) is 0 Å². The molecule has 2 nitrogen and oxygen atoms in total. The Balaban J connectivity index is 1.87. The fourth-order valence-corrected chi connectivity index (χ4v) is 3.60. The second-order valence-corrected chi connectivity index (χ2v) is 5.80. The maximum atomic E-state index is 12.3. The lowest BCUT2D eigenvalue weighted by Crippen LogP contribution is -2.49. The monoisotopic (exact) mass is 237 g/mol. The number of carbonyl (C=O) groups is 1. The number of unbranched alkanes of at least 4 members (excludes halogenated alkanes) is 2. The average Bonchev–Trinajstić information content (AvgIpc) is 2.38. The van der Waals surface area contributed by atoms with E-state index in [0.29, 0.717) is 11.9 Å². The van der Waals surface area contributed by atoms with E-state index < -0.39 is 0 Å². The molecule has 0 spiro atoms. The molecule has 1 saturated carbocycles. The van der Waals surface area contributed by atoms with Crippen LogP contribution in [0.5, 0.6) is 0 Å². The van der Waals surface area contributed by atoms with Gasteiger partial charge in [0.25, 0.3) is 0 Å². The Kier molecular flexibility index (Phi) is 4.87. The summed E-state index contributed by atoms with van der Waals surface area (Å²) in [7, 11) is 0. The minimum atomic E-state index is 0.440. The van der Waals surface area contributed by atoms with Gasteiger partial charge in [-0.05, 0) is 38.0 Å². The largest absolute Gasteiger partial charge is 0.339 e. The van der Waals surface area contributed by atoms with Crippen LogP contribution in [0.15, 0.2) is 0 Å². The number of carbonyl (C=O) groups excluding carboxylic acids is 1. The zero-order valence-corrected chi connectivity index (χ0v) is 11.3. The van der Waals surface area contributed by atoms with Gasteiger partial charge in [0.15, 0.2) is 0 Å². The molecule has 2 atom stereocenters. The van der Waals surface area contributed by atoms with Crippen molar-refractivity contribution in [3.63, 3.8) is 0 Å². The summed E-state index contributed by atoms with van der Waals surface area (Å²) in [5.41, 5.74) is 0. The standard InChI is InChI=1S/C15H27NO/c1-2-3-4-11-15(17)16-12-7-9-13-8-5-6-10-14(13)16/h13-14H,2-12H2,1H3. The minimum Gasteiger partial charge on any atom is -0.339 e. The maximum absolute atomic E-state index is 12.3. The van der Waals surface area contributed by atoms with Crippen molar-refractivity contribution >= 4 is 5.91 Å². The number of likely N-dealkylation sites (tertiary alicyclic amines) is 1. The first-order chi connectivity index (χ1) is 8.33. The topological polar surface area (TPSA) is 20.3 Å². The van der Waals surface area contributed by atoms with Gasteiger partial charge < -0.3 is 4.90 Å². The second kappa shape index (κ2) is 6.42. The Bertz CT molecular complexity index is 249. The molecule has 2 fully saturated rings. The third-order valence-electron chi connectivity index (χ3n) is 4.56. The van der Waals surface area contributed by atoms with Crippen molar-refractivity contribution in [3.8, 4) is 0 Å². The van der Waals surface area contributed by atoms with E-state index in [1.807, 2.05) is 0 Å². The van der Waals surface area contributed by atoms with Crippen LogP contribution in [-0.2, 0) is 4.79 Å². The smallest absolute Gasteiger partial charge is 0.222 e. The lowest BCUT2D eigenvalue weighted by Gasteiger charge is -2.44. The third-order valence-corrected chi connectivity index (χ3v) is 4.56. The van der Waals surface area contributed by atoms with Crippen LogP contribution < -0.4 is 0 Å². The highest BCUT2D eigenvalue weighted by molar-refractivity contribution is 5.76. The van der Waals surface area contributed by atoms with Gasteiger partial charge in [0.05, 0.1) is 0 Å². The molecule has 0 aromatic carbocycles. The van der Waals surface area contributed by atoms with E-state index in [0.717, 1.165) is 25.3 Å². The summed E-state index contributed by atoms with van der Waals surface area (Å²) in [6, 6.07) is 0.603. The van der Waals surface area contributed by atoms with E-state index in [1.54, 1.807) is 0 Å². The van der Waals surface area contributed by atoms with Crippen molar-refractivity contribution in [1.82, 2.24) is 4.90 Å². The molecule has 2 unspecified atom stereocenters. The summed E-state index contributed by atoms with van der Waals surface area (Å²) in [5, 5.41) is 0. The van der Waals surface area contributed by atoms with Crippen molar-refractivity contribution in [2.75, 3.05) is 6.54 Å². The molecule has 2 heteroatoms. The Morgan fingerprint density at radius 3 is 2.71 bits per heavy atom. The summed E-state index contributed by atoms with van der Waals surface area (Å²) in [6.07, 6.45) is 12.2. The molecule has 1 saturated heterocycles. The molecule has 1 aliphatic carbocycles. The molecule has 0 bridgehead atoms. The lowest BCUT2D eigenvalue weighted by molar-refractivity contribution is -0.137. The molecule has 0 aromatic rings. The second-order valence-electron chi connectivity index (χ2n) is 5.80. The molecule has 1 aliphatic heterocycles. The number of rotatable bonds is 4. The SMILES string of the molecule is CCCCCC(=O)N1CCCC2CCCCC21. The van der Waals surface area contributed by atoms with Crippen molar-refractivity contribution in [3.05, 3.63) is 0 Å². The highest BCUT2D eigenvalue weighted by atomic mass is 16.2. The fourth-order valence-electron chi connectivity index (χ4n) is 3.60. The Morgan fingerprint density at radius 1 is 1.12 bits per heavy atom. The quantitative estimate of drug-likeness (QED) is 0.682. The van der Waals surface area contributed by atoms with E-state index in [2.05, 4.69) is 11.8 Å². The third kappa shape index (κ3) is 3.23. The van der Waals surface area contributed by atoms with Crippen molar-refractivity contribution in [2.45, 2.75) is 77.2 Å². The van der Waals surface area contributed by atoms with Crippen molar-refractivity contribution in [2.24, 2.45) is 5.92 Å². The van der Waals surface area contributed by atoms with Gasteiger partial charge in [0.1, 0.15) is 0 Å². The van der Waals surface area contributed by atoms with E-state index in [4.69, 9.17) is 0 Å². The van der Waals surface area contributed by atoms with E-state index in [9.17, 15) is 4.79 Å². The highest BCUT2D eigenvalue weighted by Crippen LogP contribution is 2.35. The fraction of sp³-hybridized carbons (Fsp3) is 0.933. The van der Waals surface area contributed by atoms with E-state index >= 15 is 0 Å². The lowest BCUT2D eigenvalue weighted by atomic mass is 9.78. The molecule has 2 aliphatic rings. The van der Waals surface area contributed by atoms with Crippen LogP contribution in [0, 0.1) is 5.92 Å². The zero-order chi connectivity index (χ0) is 12.1. The van der Waals surface area contributed by atoms with Crippen LogP contribution in [0.4, 0.5) is 0 Å². The summed E-state index contributed by atoms with van der Waals surface area (Å²) < 4.78 is 0. The van der Waals surface area contributed by atoms with Crippen LogP contribution in [0.3, 0.4) is 0 Å². The first kappa shape index (κ1) is 12.9. The van der Waals surface area contributed by atoms with Gasteiger partial charge in [0, 0.05) is 19.0 Å². The van der Waals surface area contributed by atoms with Gasteiger partial charge in [-0.25, -0.2) is 0 Å². The van der Waals surface area contributed by atoms with Gasteiger partial charge in [-0.1, -0.05) is 32.6 Å². The summed E-state index contributed by atoms with van der Waals surface area (Å²) >= 11 is 0. The van der Waals surface area contributed by atoms with Crippen LogP contribution >= 0.6 is 0 Å². The van der Waals surface area contributed by atoms with Gasteiger partial charge in [-0.3, -0.25) is 4.79 Å². The zero-order valence-electron chi connectivity index (χ0n) is 11.3. The average molecular weight is 237 g/mol. The Labute approximate surface area is 106 Å². The first-order valence-electron chi connectivity index (χ1n) is 7.62. The van der Waals surface area contributed by atoms with Crippen LogP contribution in [-0.4, -0.2) is 23.4 Å². The van der Waals surface area contributed by atoms with Gasteiger partial charge in [-0.15, -0.1) is 0 Å². The molecule has 98 valence electrons. The maximum Gasteiger partial charge on any atom is 0.222 e. The van der Waals surface area contributed by atoms with Crippen molar-refractivity contribution in [1.29, 1.82) is 0 Å². The molecule has 0 N–H and O–H groups in total. The number of fused-ring (bicyclic) bond motifs is 1. The molecular weight excluding hydrogens is 210 g/mol. The Morgan fingerprint density at radius 2 is 1.88 bits per heavy atom. The normalized spacial score (nSPS) is 28.9. The molecule has 0 aromatic heterocycles. The number of hydrogen-bond donors (Lipinski definition) is 0. The summed E-state index contributed by atoms with van der Waals surface area (Å²) in [5.74, 6) is 1.27. The Hall–Kier alpha value is -0.530. The number of amides is 1. The number of piperidine rings is 1. The van der Waals surface area contributed by atoms with Crippen molar-refractivity contribution < 1.29 is 4.79 Å². The van der Waals surface area contributed by atoms with Gasteiger partial charge in [-0.2, -0.15) is 0 Å². The number of nitrogens with zero attached hydrogens (tertiary/aromatic N) is 1. The van der Waals surface area contributed by atoms with E-state index in [1.165, 1.54) is 51.4 Å². The predicted octanol–water partition coefficient (Wildman–Crippen LogP) is 3.75.